The molecule has 1 unspecified atom stereocenters. The molecule has 104 valence electrons. The van der Waals surface area contributed by atoms with E-state index in [0.29, 0.717) is 11.3 Å². The molecule has 0 radical (unpaired) electrons. The van der Waals surface area contributed by atoms with Crippen LogP contribution in [-0.4, -0.2) is 34.6 Å². The highest BCUT2D eigenvalue weighted by atomic mass is 16.3. The van der Waals surface area contributed by atoms with Gasteiger partial charge >= 0.3 is 0 Å². The molecule has 0 bridgehead atoms. The van der Waals surface area contributed by atoms with E-state index in [2.05, 4.69) is 0 Å². The second kappa shape index (κ2) is 4.10. The monoisotopic (exact) mass is 263 g/mol. The largest absolute Gasteiger partial charge is 0.469 e. The lowest BCUT2D eigenvalue weighted by molar-refractivity contribution is -0.174. The Morgan fingerprint density at radius 3 is 2.42 bits per heavy atom. The van der Waals surface area contributed by atoms with Gasteiger partial charge in [-0.25, -0.2) is 0 Å². The van der Waals surface area contributed by atoms with Gasteiger partial charge in [-0.1, -0.05) is 0 Å². The summed E-state index contributed by atoms with van der Waals surface area (Å²) in [6.45, 7) is 5.23. The van der Waals surface area contributed by atoms with Gasteiger partial charge in [-0.2, -0.15) is 0 Å². The predicted octanol–water partition coefficient (Wildman–Crippen LogP) is 2.36. The van der Waals surface area contributed by atoms with Crippen molar-refractivity contribution in [3.05, 3.63) is 23.7 Å². The van der Waals surface area contributed by atoms with Gasteiger partial charge < -0.3 is 14.4 Å². The number of amides is 1. The minimum Gasteiger partial charge on any atom is -0.469 e. The van der Waals surface area contributed by atoms with E-state index >= 15 is 0 Å². The first kappa shape index (κ1) is 12.7. The smallest absolute Gasteiger partial charge is 0.257 e. The fourth-order valence-corrected chi connectivity index (χ4v) is 3.54. The third kappa shape index (κ3) is 1.81. The fourth-order valence-electron chi connectivity index (χ4n) is 3.54. The summed E-state index contributed by atoms with van der Waals surface area (Å²) in [4.78, 5) is 14.3. The molecule has 1 saturated carbocycles. The first-order valence-corrected chi connectivity index (χ1v) is 7.01. The number of rotatable bonds is 1. The molecule has 2 heterocycles. The lowest BCUT2D eigenvalue weighted by Crippen LogP contribution is -2.60. The van der Waals surface area contributed by atoms with E-state index in [9.17, 15) is 9.90 Å². The zero-order chi connectivity index (χ0) is 13.7. The summed E-state index contributed by atoms with van der Waals surface area (Å²) >= 11 is 0. The van der Waals surface area contributed by atoms with Gasteiger partial charge in [0.05, 0.1) is 17.4 Å². The van der Waals surface area contributed by atoms with Crippen LogP contribution in [0.15, 0.2) is 16.7 Å². The zero-order valence-corrected chi connectivity index (χ0v) is 11.6. The second-order valence-corrected chi connectivity index (χ2v) is 6.24. The molecule has 1 spiro atoms. The number of carbonyl (C=O) groups is 1. The number of hydrogen-bond acceptors (Lipinski definition) is 3. The van der Waals surface area contributed by atoms with Crippen molar-refractivity contribution >= 4 is 5.91 Å². The van der Waals surface area contributed by atoms with Crippen molar-refractivity contribution in [3.8, 4) is 0 Å². The highest BCUT2D eigenvalue weighted by Crippen LogP contribution is 2.56. The standard InChI is InChI=1S/C15H21NO3/c1-11-12(3-10-19-11)13(17)16-8-6-15(7-9-16)5-4-14(15,2)18/h3,10,18H,4-9H2,1-2H3. The molecular formula is C15H21NO3. The minimum atomic E-state index is -0.534. The van der Waals surface area contributed by atoms with Crippen LogP contribution in [0, 0.1) is 12.3 Å². The molecule has 1 amide bonds. The molecule has 4 nitrogen and oxygen atoms in total. The summed E-state index contributed by atoms with van der Waals surface area (Å²) in [5, 5.41) is 10.3. The van der Waals surface area contributed by atoms with Crippen LogP contribution < -0.4 is 0 Å². The van der Waals surface area contributed by atoms with Crippen molar-refractivity contribution in [2.24, 2.45) is 5.41 Å². The Balaban J connectivity index is 1.68. The molecule has 3 rings (SSSR count). The van der Waals surface area contributed by atoms with Crippen molar-refractivity contribution in [1.82, 2.24) is 4.90 Å². The van der Waals surface area contributed by atoms with Crippen LogP contribution in [0.3, 0.4) is 0 Å². The third-order valence-electron chi connectivity index (χ3n) is 5.33. The Kier molecular flexibility index (Phi) is 2.75. The van der Waals surface area contributed by atoms with Crippen LogP contribution in [0.5, 0.6) is 0 Å². The molecule has 4 heteroatoms. The van der Waals surface area contributed by atoms with Gasteiger partial charge in [0.25, 0.3) is 5.91 Å². The number of hydrogen-bond donors (Lipinski definition) is 1. The molecule has 19 heavy (non-hydrogen) atoms. The fraction of sp³-hybridized carbons (Fsp3) is 0.667. The van der Waals surface area contributed by atoms with E-state index in [4.69, 9.17) is 4.42 Å². The Morgan fingerprint density at radius 1 is 1.32 bits per heavy atom. The first-order chi connectivity index (χ1) is 8.95. The van der Waals surface area contributed by atoms with E-state index in [0.717, 1.165) is 38.8 Å². The van der Waals surface area contributed by atoms with Crippen LogP contribution >= 0.6 is 0 Å². The van der Waals surface area contributed by atoms with Crippen LogP contribution in [0.1, 0.15) is 48.7 Å². The Morgan fingerprint density at radius 2 is 2.00 bits per heavy atom. The number of furan rings is 1. The Bertz CT molecular complexity index is 495. The topological polar surface area (TPSA) is 53.7 Å². The molecule has 1 atom stereocenters. The van der Waals surface area contributed by atoms with E-state index < -0.39 is 5.60 Å². The number of aryl methyl sites for hydroxylation is 1. The first-order valence-electron chi connectivity index (χ1n) is 7.01. The van der Waals surface area contributed by atoms with Crippen molar-refractivity contribution < 1.29 is 14.3 Å². The maximum atomic E-state index is 12.4. The second-order valence-electron chi connectivity index (χ2n) is 6.24. The van der Waals surface area contributed by atoms with Crippen molar-refractivity contribution in [2.75, 3.05) is 13.1 Å². The summed E-state index contributed by atoms with van der Waals surface area (Å²) in [5.74, 6) is 0.737. The highest BCUT2D eigenvalue weighted by Gasteiger charge is 2.55. The molecular weight excluding hydrogens is 242 g/mol. The summed E-state index contributed by atoms with van der Waals surface area (Å²) < 4.78 is 5.20. The van der Waals surface area contributed by atoms with E-state index in [1.54, 1.807) is 12.3 Å². The average Bonchev–Trinajstić information content (AvgIpc) is 2.83. The Labute approximate surface area is 113 Å². The maximum Gasteiger partial charge on any atom is 0.257 e. The van der Waals surface area contributed by atoms with Crippen molar-refractivity contribution in [1.29, 1.82) is 0 Å². The molecule has 1 aliphatic carbocycles. The third-order valence-corrected chi connectivity index (χ3v) is 5.33. The van der Waals surface area contributed by atoms with Gasteiger partial charge in [0.1, 0.15) is 5.76 Å². The van der Waals surface area contributed by atoms with E-state index in [1.165, 1.54) is 0 Å². The number of piperidine rings is 1. The van der Waals surface area contributed by atoms with Gasteiger partial charge in [0.2, 0.25) is 0 Å². The quantitative estimate of drug-likeness (QED) is 0.846. The number of likely N-dealkylation sites (tertiary alicyclic amines) is 1. The van der Waals surface area contributed by atoms with Crippen LogP contribution in [0.2, 0.25) is 0 Å². The molecule has 2 fully saturated rings. The SMILES string of the molecule is Cc1occc1C(=O)N1CCC2(CC1)CCC2(C)O. The van der Waals surface area contributed by atoms with Gasteiger partial charge in [0.15, 0.2) is 0 Å². The predicted molar refractivity (Wildman–Crippen MR) is 70.9 cm³/mol. The average molecular weight is 263 g/mol. The number of nitrogens with zero attached hydrogens (tertiary/aromatic N) is 1. The molecule has 0 aromatic carbocycles. The lowest BCUT2D eigenvalue weighted by Gasteiger charge is -2.58. The molecule has 1 aromatic heterocycles. The molecule has 1 saturated heterocycles. The van der Waals surface area contributed by atoms with Crippen molar-refractivity contribution in [2.45, 2.75) is 45.1 Å². The maximum absolute atomic E-state index is 12.4. The van der Waals surface area contributed by atoms with E-state index in [1.807, 2.05) is 18.7 Å². The van der Waals surface area contributed by atoms with Gasteiger partial charge in [-0.3, -0.25) is 4.79 Å². The normalized spacial score (nSPS) is 29.3. The van der Waals surface area contributed by atoms with Gasteiger partial charge in [-0.05, 0) is 45.6 Å². The number of carbonyl (C=O) groups excluding carboxylic acids is 1. The van der Waals surface area contributed by atoms with Gasteiger partial charge in [-0.15, -0.1) is 0 Å². The van der Waals surface area contributed by atoms with E-state index in [-0.39, 0.29) is 11.3 Å². The minimum absolute atomic E-state index is 0.0508. The van der Waals surface area contributed by atoms with Crippen LogP contribution in [0.4, 0.5) is 0 Å². The lowest BCUT2D eigenvalue weighted by atomic mass is 9.53. The van der Waals surface area contributed by atoms with Crippen LogP contribution in [0.25, 0.3) is 0 Å². The zero-order valence-electron chi connectivity index (χ0n) is 11.6. The molecule has 2 aliphatic rings. The van der Waals surface area contributed by atoms with Crippen LogP contribution in [-0.2, 0) is 0 Å². The van der Waals surface area contributed by atoms with Crippen molar-refractivity contribution in [3.63, 3.8) is 0 Å². The summed E-state index contributed by atoms with van der Waals surface area (Å²) in [7, 11) is 0. The Hall–Kier alpha value is -1.29. The summed E-state index contributed by atoms with van der Waals surface area (Å²) in [6, 6.07) is 1.74. The highest BCUT2D eigenvalue weighted by molar-refractivity contribution is 5.95. The summed E-state index contributed by atoms with van der Waals surface area (Å²) in [5.41, 5.74) is 0.180. The van der Waals surface area contributed by atoms with Gasteiger partial charge in [0, 0.05) is 18.5 Å². The molecule has 1 N–H and O–H groups in total. The molecule has 1 aromatic rings. The molecule has 1 aliphatic heterocycles. The number of aliphatic hydroxyl groups is 1. The summed E-state index contributed by atoms with van der Waals surface area (Å²) in [6.07, 6.45) is 5.35.